The second-order valence-corrected chi connectivity index (χ2v) is 9.36. The number of carbonyl (C=O) groups excluding carboxylic acids is 2. The predicted octanol–water partition coefficient (Wildman–Crippen LogP) is 6.76. The van der Waals surface area contributed by atoms with Gasteiger partial charge in [0.1, 0.15) is 30.7 Å². The van der Waals surface area contributed by atoms with E-state index in [2.05, 4.69) is 15.5 Å². The van der Waals surface area contributed by atoms with Gasteiger partial charge in [0.25, 0.3) is 5.91 Å². The Hall–Kier alpha value is -5.02. The lowest BCUT2D eigenvalue weighted by atomic mass is 9.91. The van der Waals surface area contributed by atoms with Gasteiger partial charge in [0.15, 0.2) is 0 Å². The molecule has 9 nitrogen and oxygen atoms in total. The van der Waals surface area contributed by atoms with Crippen molar-refractivity contribution in [1.29, 1.82) is 10.5 Å². The molecule has 0 radical (unpaired) electrons. The SMILES string of the molecule is CCC(C)(C)C(=O)OCCOc1ccc(C(=O)Nc2ccc(N=Nc3ccc(C#N)cc3C#N)cc2C)cc1. The van der Waals surface area contributed by atoms with E-state index >= 15 is 0 Å². The molecule has 198 valence electrons. The zero-order valence-electron chi connectivity index (χ0n) is 22.3. The van der Waals surface area contributed by atoms with Crippen LogP contribution < -0.4 is 10.1 Å². The highest BCUT2D eigenvalue weighted by atomic mass is 16.6. The quantitative estimate of drug-likeness (QED) is 0.177. The van der Waals surface area contributed by atoms with Crippen LogP contribution in [0.25, 0.3) is 0 Å². The van der Waals surface area contributed by atoms with Crippen LogP contribution >= 0.6 is 0 Å². The van der Waals surface area contributed by atoms with Crippen molar-refractivity contribution in [2.24, 2.45) is 15.6 Å². The molecule has 0 aliphatic carbocycles. The number of hydrogen-bond donors (Lipinski definition) is 1. The maximum Gasteiger partial charge on any atom is 0.311 e. The van der Waals surface area contributed by atoms with Crippen molar-refractivity contribution >= 4 is 28.9 Å². The van der Waals surface area contributed by atoms with E-state index in [1.165, 1.54) is 6.07 Å². The van der Waals surface area contributed by atoms with Gasteiger partial charge >= 0.3 is 5.97 Å². The summed E-state index contributed by atoms with van der Waals surface area (Å²) in [5, 5.41) is 29.5. The molecule has 0 aromatic heterocycles. The fourth-order valence-corrected chi connectivity index (χ4v) is 3.27. The molecule has 0 saturated heterocycles. The lowest BCUT2D eigenvalue weighted by Crippen LogP contribution is -2.27. The van der Waals surface area contributed by atoms with Gasteiger partial charge in [0, 0.05) is 11.3 Å². The first kappa shape index (κ1) is 28.5. The molecule has 39 heavy (non-hydrogen) atoms. The third-order valence-electron chi connectivity index (χ3n) is 6.12. The van der Waals surface area contributed by atoms with Crippen LogP contribution in [0, 0.1) is 35.0 Å². The highest BCUT2D eigenvalue weighted by molar-refractivity contribution is 6.04. The number of carbonyl (C=O) groups is 2. The number of nitriles is 2. The van der Waals surface area contributed by atoms with Crippen molar-refractivity contribution in [2.75, 3.05) is 18.5 Å². The summed E-state index contributed by atoms with van der Waals surface area (Å²) >= 11 is 0. The third-order valence-corrected chi connectivity index (χ3v) is 6.12. The molecular formula is C30H29N5O4. The van der Waals surface area contributed by atoms with Gasteiger partial charge in [-0.05, 0) is 93.4 Å². The molecular weight excluding hydrogens is 494 g/mol. The van der Waals surface area contributed by atoms with Crippen LogP contribution in [0.4, 0.5) is 17.1 Å². The molecule has 0 unspecified atom stereocenters. The Kier molecular flexibility index (Phi) is 9.50. The van der Waals surface area contributed by atoms with Crippen molar-refractivity contribution in [3.8, 4) is 17.9 Å². The zero-order valence-corrected chi connectivity index (χ0v) is 22.3. The second kappa shape index (κ2) is 13.0. The van der Waals surface area contributed by atoms with Crippen LogP contribution in [0.3, 0.4) is 0 Å². The molecule has 1 N–H and O–H groups in total. The third kappa shape index (κ3) is 7.73. The van der Waals surface area contributed by atoms with Gasteiger partial charge in [0.2, 0.25) is 0 Å². The Bertz CT molecular complexity index is 1460. The molecule has 0 atom stereocenters. The molecule has 1 amide bonds. The fourth-order valence-electron chi connectivity index (χ4n) is 3.27. The number of hydrogen-bond acceptors (Lipinski definition) is 8. The lowest BCUT2D eigenvalue weighted by molar-refractivity contribution is -0.154. The Balaban J connectivity index is 1.56. The largest absolute Gasteiger partial charge is 0.490 e. The van der Waals surface area contributed by atoms with Crippen LogP contribution in [0.15, 0.2) is 70.9 Å². The van der Waals surface area contributed by atoms with Crippen molar-refractivity contribution in [3.63, 3.8) is 0 Å². The van der Waals surface area contributed by atoms with E-state index in [0.29, 0.717) is 40.4 Å². The van der Waals surface area contributed by atoms with Crippen LogP contribution in [0.1, 0.15) is 54.2 Å². The summed E-state index contributed by atoms with van der Waals surface area (Å²) < 4.78 is 10.9. The standard InChI is InChI=1S/C30H29N5O4/c1-5-30(3,4)29(37)39-15-14-38-25-10-7-22(8-11-25)28(36)33-26-13-9-24(16-20(26)2)34-35-27-12-6-21(18-31)17-23(27)19-32/h6-13,16-17H,5,14-15H2,1-4H3,(H,33,36). The summed E-state index contributed by atoms with van der Waals surface area (Å²) in [6.45, 7) is 7.81. The number of nitrogens with one attached hydrogen (secondary N) is 1. The van der Waals surface area contributed by atoms with Crippen LogP contribution in [0.2, 0.25) is 0 Å². The van der Waals surface area contributed by atoms with Crippen molar-refractivity contribution in [2.45, 2.75) is 34.1 Å². The molecule has 9 heteroatoms. The van der Waals surface area contributed by atoms with Crippen LogP contribution in [0.5, 0.6) is 5.75 Å². The molecule has 3 aromatic rings. The van der Waals surface area contributed by atoms with Gasteiger partial charge in [-0.3, -0.25) is 9.59 Å². The summed E-state index contributed by atoms with van der Waals surface area (Å²) in [5.41, 5.74) is 2.86. The summed E-state index contributed by atoms with van der Waals surface area (Å²) in [4.78, 5) is 24.8. The summed E-state index contributed by atoms with van der Waals surface area (Å²) in [6.07, 6.45) is 0.690. The Labute approximate surface area is 227 Å². The Morgan fingerprint density at radius 1 is 0.949 bits per heavy atom. The molecule has 0 heterocycles. The van der Waals surface area contributed by atoms with E-state index < -0.39 is 5.41 Å². The summed E-state index contributed by atoms with van der Waals surface area (Å²) in [7, 11) is 0. The molecule has 0 aliphatic heterocycles. The second-order valence-electron chi connectivity index (χ2n) is 9.36. The number of rotatable bonds is 10. The summed E-state index contributed by atoms with van der Waals surface area (Å²) in [6, 6.07) is 20.5. The zero-order chi connectivity index (χ0) is 28.4. The van der Waals surface area contributed by atoms with Gasteiger partial charge in [-0.15, -0.1) is 5.11 Å². The number of aryl methyl sites for hydroxylation is 1. The highest BCUT2D eigenvalue weighted by Crippen LogP contribution is 2.26. The van der Waals surface area contributed by atoms with Crippen molar-refractivity contribution in [1.82, 2.24) is 0 Å². The van der Waals surface area contributed by atoms with E-state index in [9.17, 15) is 14.9 Å². The minimum Gasteiger partial charge on any atom is -0.490 e. The van der Waals surface area contributed by atoms with E-state index in [1.807, 2.05) is 39.8 Å². The van der Waals surface area contributed by atoms with E-state index in [4.69, 9.17) is 14.7 Å². The van der Waals surface area contributed by atoms with Gasteiger partial charge in [-0.2, -0.15) is 15.6 Å². The lowest BCUT2D eigenvalue weighted by Gasteiger charge is -2.20. The average Bonchev–Trinajstić information content (AvgIpc) is 2.95. The Morgan fingerprint density at radius 2 is 1.69 bits per heavy atom. The molecule has 0 spiro atoms. The normalized spacial score (nSPS) is 10.9. The summed E-state index contributed by atoms with van der Waals surface area (Å²) in [5.74, 6) is 0.0162. The van der Waals surface area contributed by atoms with Gasteiger partial charge < -0.3 is 14.8 Å². The molecule has 0 saturated carbocycles. The van der Waals surface area contributed by atoms with Gasteiger partial charge in [0.05, 0.1) is 28.3 Å². The topological polar surface area (TPSA) is 137 Å². The minimum atomic E-state index is -0.522. The number of azo groups is 1. The number of esters is 1. The molecule has 3 rings (SSSR count). The molecule has 0 aliphatic rings. The number of benzene rings is 3. The van der Waals surface area contributed by atoms with Crippen molar-refractivity contribution < 1.29 is 19.1 Å². The highest BCUT2D eigenvalue weighted by Gasteiger charge is 2.26. The smallest absolute Gasteiger partial charge is 0.311 e. The van der Waals surface area contributed by atoms with E-state index in [0.717, 1.165) is 5.56 Å². The Morgan fingerprint density at radius 3 is 2.33 bits per heavy atom. The average molecular weight is 524 g/mol. The van der Waals surface area contributed by atoms with Crippen LogP contribution in [-0.4, -0.2) is 25.1 Å². The number of nitrogens with zero attached hydrogens (tertiary/aromatic N) is 4. The van der Waals surface area contributed by atoms with Crippen LogP contribution in [-0.2, 0) is 9.53 Å². The maximum atomic E-state index is 12.7. The van der Waals surface area contributed by atoms with Gasteiger partial charge in [-0.1, -0.05) is 6.92 Å². The maximum absolute atomic E-state index is 12.7. The first-order valence-electron chi connectivity index (χ1n) is 12.3. The first-order chi connectivity index (χ1) is 18.7. The number of anilines is 1. The molecule has 0 bridgehead atoms. The van der Waals surface area contributed by atoms with Crippen molar-refractivity contribution in [3.05, 3.63) is 82.9 Å². The monoisotopic (exact) mass is 523 g/mol. The number of ether oxygens (including phenoxy) is 2. The first-order valence-corrected chi connectivity index (χ1v) is 12.3. The molecule has 3 aromatic carbocycles. The minimum absolute atomic E-state index is 0.145. The van der Waals surface area contributed by atoms with Gasteiger partial charge in [-0.25, -0.2) is 0 Å². The predicted molar refractivity (Wildman–Crippen MR) is 146 cm³/mol. The van der Waals surface area contributed by atoms with E-state index in [1.54, 1.807) is 54.6 Å². The molecule has 0 fully saturated rings. The number of amides is 1. The fraction of sp³-hybridized carbons (Fsp3) is 0.267. The van der Waals surface area contributed by atoms with E-state index in [-0.39, 0.29) is 30.7 Å².